The second kappa shape index (κ2) is 8.39. The van der Waals surface area contributed by atoms with Crippen LogP contribution in [0.5, 0.6) is 0 Å². The van der Waals surface area contributed by atoms with Crippen molar-refractivity contribution in [3.8, 4) is 11.4 Å². The van der Waals surface area contributed by atoms with Crippen molar-refractivity contribution in [2.75, 3.05) is 19.5 Å². The number of fused-ring (bicyclic) bond motifs is 1. The average molecular weight is 418 g/mol. The van der Waals surface area contributed by atoms with Gasteiger partial charge in [0.15, 0.2) is 11.5 Å². The van der Waals surface area contributed by atoms with E-state index in [4.69, 9.17) is 4.74 Å². The lowest BCUT2D eigenvalue weighted by Gasteiger charge is -2.32. The van der Waals surface area contributed by atoms with Gasteiger partial charge in [-0.3, -0.25) is 9.78 Å². The lowest BCUT2D eigenvalue weighted by Crippen LogP contribution is -2.39. The molecule has 158 valence electrons. The number of rotatable bonds is 5. The summed E-state index contributed by atoms with van der Waals surface area (Å²) in [7, 11) is 3.08. The molecule has 1 N–H and O–H groups in total. The fourth-order valence-corrected chi connectivity index (χ4v) is 3.51. The van der Waals surface area contributed by atoms with Crippen LogP contribution in [0.3, 0.4) is 0 Å². The van der Waals surface area contributed by atoms with Crippen LogP contribution in [-0.2, 0) is 14.3 Å². The topological polar surface area (TPSA) is 102 Å². The Kier molecular flexibility index (Phi) is 5.48. The summed E-state index contributed by atoms with van der Waals surface area (Å²) in [6.07, 6.45) is 9.43. The molecule has 0 bridgehead atoms. The summed E-state index contributed by atoms with van der Waals surface area (Å²) in [4.78, 5) is 35.7. The molecule has 0 saturated carbocycles. The van der Waals surface area contributed by atoms with Gasteiger partial charge in [0.1, 0.15) is 5.70 Å². The molecule has 4 heterocycles. The Balaban J connectivity index is 1.64. The van der Waals surface area contributed by atoms with Gasteiger partial charge in [-0.25, -0.2) is 14.3 Å². The number of carbonyl (C=O) groups excluding carboxylic acids is 2. The molecule has 0 saturated heterocycles. The minimum absolute atomic E-state index is 0.00942. The number of esters is 1. The molecule has 1 unspecified atom stereocenters. The summed E-state index contributed by atoms with van der Waals surface area (Å²) in [5, 5.41) is 7.30. The third kappa shape index (κ3) is 3.89. The quantitative estimate of drug-likeness (QED) is 0.635. The fourth-order valence-electron chi connectivity index (χ4n) is 3.51. The zero-order valence-electron chi connectivity index (χ0n) is 17.4. The van der Waals surface area contributed by atoms with Gasteiger partial charge in [0.25, 0.3) is 5.91 Å². The number of carbonyl (C=O) groups is 2. The Bertz CT molecular complexity index is 1200. The van der Waals surface area contributed by atoms with E-state index >= 15 is 0 Å². The number of hydrogen-bond acceptors (Lipinski definition) is 7. The normalized spacial score (nSPS) is 16.0. The summed E-state index contributed by atoms with van der Waals surface area (Å²) < 4.78 is 6.48. The molecule has 0 radical (unpaired) electrons. The van der Waals surface area contributed by atoms with E-state index in [0.29, 0.717) is 17.2 Å². The highest BCUT2D eigenvalue weighted by Gasteiger charge is 2.29. The van der Waals surface area contributed by atoms with Crippen LogP contribution in [0.25, 0.3) is 17.0 Å². The molecule has 3 aromatic rings. The Morgan fingerprint density at radius 2 is 2.13 bits per heavy atom. The Morgan fingerprint density at radius 3 is 2.84 bits per heavy atom. The number of methoxy groups -OCH3 is 1. The first-order valence-corrected chi connectivity index (χ1v) is 9.83. The van der Waals surface area contributed by atoms with Crippen molar-refractivity contribution >= 4 is 23.2 Å². The average Bonchev–Trinajstić information content (AvgIpc) is 3.22. The zero-order chi connectivity index (χ0) is 22.0. The van der Waals surface area contributed by atoms with Gasteiger partial charge in [-0.05, 0) is 30.7 Å². The van der Waals surface area contributed by atoms with Gasteiger partial charge in [0.05, 0.1) is 12.7 Å². The van der Waals surface area contributed by atoms with Crippen LogP contribution in [0.4, 0.5) is 5.69 Å². The van der Waals surface area contributed by atoms with Crippen molar-refractivity contribution in [1.29, 1.82) is 0 Å². The molecule has 0 aromatic carbocycles. The zero-order valence-corrected chi connectivity index (χ0v) is 17.4. The molecule has 31 heavy (non-hydrogen) atoms. The highest BCUT2D eigenvalue weighted by atomic mass is 16.5. The van der Waals surface area contributed by atoms with Crippen molar-refractivity contribution in [3.63, 3.8) is 0 Å². The number of nitrogens with zero attached hydrogens (tertiary/aromatic N) is 5. The van der Waals surface area contributed by atoms with Gasteiger partial charge < -0.3 is 15.0 Å². The largest absolute Gasteiger partial charge is 0.465 e. The number of amides is 1. The summed E-state index contributed by atoms with van der Waals surface area (Å²) in [5.41, 5.74) is 2.39. The first kappa shape index (κ1) is 20.3. The van der Waals surface area contributed by atoms with E-state index in [0.717, 1.165) is 12.0 Å². The number of pyridine rings is 2. The van der Waals surface area contributed by atoms with Crippen LogP contribution in [0.15, 0.2) is 66.3 Å². The van der Waals surface area contributed by atoms with Gasteiger partial charge in [0.2, 0.25) is 0 Å². The summed E-state index contributed by atoms with van der Waals surface area (Å²) in [6, 6.07) is 7.15. The molecule has 4 rings (SSSR count). The molecule has 9 nitrogen and oxygen atoms in total. The van der Waals surface area contributed by atoms with E-state index in [1.54, 1.807) is 53.3 Å². The molecule has 0 spiro atoms. The number of aromatic nitrogens is 4. The van der Waals surface area contributed by atoms with Crippen LogP contribution in [0.2, 0.25) is 0 Å². The number of hydrogen-bond donors (Lipinski definition) is 1. The molecule has 9 heteroatoms. The van der Waals surface area contributed by atoms with Crippen molar-refractivity contribution < 1.29 is 14.3 Å². The predicted octanol–water partition coefficient (Wildman–Crippen LogP) is 2.44. The van der Waals surface area contributed by atoms with Crippen LogP contribution in [0, 0.1) is 0 Å². The maximum absolute atomic E-state index is 13.1. The van der Waals surface area contributed by atoms with E-state index in [1.807, 2.05) is 25.1 Å². The Labute approximate surface area is 179 Å². The van der Waals surface area contributed by atoms with Gasteiger partial charge in [-0.1, -0.05) is 13.0 Å². The molecular weight excluding hydrogens is 396 g/mol. The molecule has 1 amide bonds. The maximum Gasteiger partial charge on any atom is 0.340 e. The number of ether oxygens (including phenoxy) is 1. The van der Waals surface area contributed by atoms with Crippen LogP contribution >= 0.6 is 0 Å². The minimum Gasteiger partial charge on any atom is -0.465 e. The Hall–Kier alpha value is -4.01. The van der Waals surface area contributed by atoms with Crippen LogP contribution in [0.1, 0.15) is 13.3 Å². The first-order valence-electron chi connectivity index (χ1n) is 9.83. The van der Waals surface area contributed by atoms with Gasteiger partial charge >= 0.3 is 5.97 Å². The fraction of sp³-hybridized carbons (Fsp3) is 0.227. The smallest absolute Gasteiger partial charge is 0.340 e. The third-order valence-electron chi connectivity index (χ3n) is 5.14. The second-order valence-corrected chi connectivity index (χ2v) is 7.05. The van der Waals surface area contributed by atoms with E-state index in [9.17, 15) is 9.59 Å². The number of anilines is 1. The lowest BCUT2D eigenvalue weighted by atomic mass is 10.0. The van der Waals surface area contributed by atoms with Crippen LogP contribution < -0.4 is 5.32 Å². The van der Waals surface area contributed by atoms with Crippen molar-refractivity contribution in [3.05, 3.63) is 66.3 Å². The maximum atomic E-state index is 13.1. The summed E-state index contributed by atoms with van der Waals surface area (Å²) in [5.74, 6) is -0.422. The standard InChI is InChI=1S/C22H22N6O3/c1-4-16-7-8-17(22(30)31-3)19(27(16)2)21(29)24-15-9-11-28-18(12-15)25-20(26-28)14-6-5-10-23-13-14/h5-13,16H,4H2,1-3H3,(H,24,29). The second-order valence-electron chi connectivity index (χ2n) is 7.05. The SMILES string of the molecule is CCC1C=CC(C(=O)OC)=C(C(=O)Nc2ccn3nc(-c4cccnc4)nc3c2)N1C. The highest BCUT2D eigenvalue weighted by molar-refractivity contribution is 6.10. The molecule has 3 aromatic heterocycles. The van der Waals surface area contributed by atoms with Gasteiger partial charge in [-0.2, -0.15) is 0 Å². The van der Waals surface area contributed by atoms with Crippen molar-refractivity contribution in [1.82, 2.24) is 24.5 Å². The molecular formula is C22H22N6O3. The molecule has 1 aliphatic rings. The lowest BCUT2D eigenvalue weighted by molar-refractivity contribution is -0.136. The molecule has 0 aliphatic carbocycles. The minimum atomic E-state index is -0.558. The van der Waals surface area contributed by atoms with Crippen molar-refractivity contribution in [2.45, 2.75) is 19.4 Å². The first-order chi connectivity index (χ1) is 15.0. The van der Waals surface area contributed by atoms with E-state index in [2.05, 4.69) is 20.4 Å². The van der Waals surface area contributed by atoms with E-state index in [1.165, 1.54) is 7.11 Å². The molecule has 0 fully saturated rings. The van der Waals surface area contributed by atoms with Crippen LogP contribution in [-0.4, -0.2) is 56.6 Å². The summed E-state index contributed by atoms with van der Waals surface area (Å²) >= 11 is 0. The molecule has 1 aliphatic heterocycles. The Morgan fingerprint density at radius 1 is 1.29 bits per heavy atom. The number of nitrogens with one attached hydrogen (secondary N) is 1. The predicted molar refractivity (Wildman–Crippen MR) is 115 cm³/mol. The van der Waals surface area contributed by atoms with E-state index < -0.39 is 11.9 Å². The monoisotopic (exact) mass is 418 g/mol. The van der Waals surface area contributed by atoms with Gasteiger partial charge in [-0.15, -0.1) is 5.10 Å². The third-order valence-corrected chi connectivity index (χ3v) is 5.14. The van der Waals surface area contributed by atoms with Gasteiger partial charge in [0, 0.05) is 49.0 Å². The number of likely N-dealkylation sites (N-methyl/N-ethyl adjacent to an activating group) is 1. The highest BCUT2D eigenvalue weighted by Crippen LogP contribution is 2.25. The van der Waals surface area contributed by atoms with E-state index in [-0.39, 0.29) is 17.3 Å². The summed E-state index contributed by atoms with van der Waals surface area (Å²) in [6.45, 7) is 2.02. The van der Waals surface area contributed by atoms with Crippen molar-refractivity contribution in [2.24, 2.45) is 0 Å². The molecule has 1 atom stereocenters.